The molecule has 0 unspecified atom stereocenters. The van der Waals surface area contributed by atoms with Gasteiger partial charge in [-0.25, -0.2) is 9.59 Å². The third kappa shape index (κ3) is 4.99. The maximum absolute atomic E-state index is 12.3. The minimum absolute atomic E-state index is 0.213. The summed E-state index contributed by atoms with van der Waals surface area (Å²) in [5.41, 5.74) is 0.793. The van der Waals surface area contributed by atoms with Crippen molar-refractivity contribution in [3.05, 3.63) is 29.5 Å². The van der Waals surface area contributed by atoms with Crippen molar-refractivity contribution in [3.8, 4) is 17.0 Å². The number of ether oxygens (including phenoxy) is 3. The Morgan fingerprint density at radius 1 is 1.26 bits per heavy atom. The summed E-state index contributed by atoms with van der Waals surface area (Å²) in [6.07, 6.45) is -0.597. The average molecular weight is 376 g/mol. The zero-order chi connectivity index (χ0) is 20.2. The number of hydrogen-bond donors (Lipinski definition) is 1. The monoisotopic (exact) mass is 376 g/mol. The van der Waals surface area contributed by atoms with E-state index in [0.29, 0.717) is 22.8 Å². The Kier molecular flexibility index (Phi) is 6.09. The van der Waals surface area contributed by atoms with Gasteiger partial charge in [0.2, 0.25) is 0 Å². The number of carbonyl (C=O) groups excluding carboxylic acids is 2. The van der Waals surface area contributed by atoms with Gasteiger partial charge in [-0.1, -0.05) is 5.16 Å². The van der Waals surface area contributed by atoms with Gasteiger partial charge in [0.1, 0.15) is 28.4 Å². The molecule has 8 nitrogen and oxygen atoms in total. The summed E-state index contributed by atoms with van der Waals surface area (Å²) in [4.78, 5) is 24.3. The largest absolute Gasteiger partial charge is 0.496 e. The second-order valence-electron chi connectivity index (χ2n) is 6.72. The predicted molar refractivity (Wildman–Crippen MR) is 99.0 cm³/mol. The molecule has 1 heterocycles. The first kappa shape index (κ1) is 20.3. The molecule has 0 saturated carbocycles. The van der Waals surface area contributed by atoms with E-state index in [-0.39, 0.29) is 17.9 Å². The van der Waals surface area contributed by atoms with Crippen molar-refractivity contribution in [2.75, 3.05) is 19.0 Å². The molecule has 146 valence electrons. The summed E-state index contributed by atoms with van der Waals surface area (Å²) in [7, 11) is 1.50. The van der Waals surface area contributed by atoms with E-state index in [0.717, 1.165) is 0 Å². The van der Waals surface area contributed by atoms with Gasteiger partial charge in [-0.2, -0.15) is 0 Å². The van der Waals surface area contributed by atoms with Gasteiger partial charge in [0.05, 0.1) is 13.7 Å². The van der Waals surface area contributed by atoms with Crippen LogP contribution in [0.25, 0.3) is 11.3 Å². The van der Waals surface area contributed by atoms with Crippen LogP contribution in [0, 0.1) is 6.92 Å². The van der Waals surface area contributed by atoms with Crippen LogP contribution in [0.3, 0.4) is 0 Å². The molecule has 0 spiro atoms. The summed E-state index contributed by atoms with van der Waals surface area (Å²) >= 11 is 0. The Morgan fingerprint density at radius 2 is 1.96 bits per heavy atom. The summed E-state index contributed by atoms with van der Waals surface area (Å²) < 4.78 is 20.9. The maximum atomic E-state index is 12.3. The Labute approximate surface area is 157 Å². The van der Waals surface area contributed by atoms with E-state index in [4.69, 9.17) is 18.7 Å². The van der Waals surface area contributed by atoms with Crippen LogP contribution >= 0.6 is 0 Å². The van der Waals surface area contributed by atoms with E-state index in [1.54, 1.807) is 52.8 Å². The molecular weight excluding hydrogens is 352 g/mol. The number of esters is 1. The van der Waals surface area contributed by atoms with Crippen molar-refractivity contribution < 1.29 is 28.3 Å². The van der Waals surface area contributed by atoms with Gasteiger partial charge in [0.15, 0.2) is 0 Å². The van der Waals surface area contributed by atoms with Crippen LogP contribution in [0.2, 0.25) is 0 Å². The lowest BCUT2D eigenvalue weighted by molar-refractivity contribution is 0.0524. The number of hydrogen-bond acceptors (Lipinski definition) is 7. The number of carbonyl (C=O) groups is 2. The van der Waals surface area contributed by atoms with Crippen LogP contribution in [-0.2, 0) is 9.47 Å². The number of aromatic nitrogens is 1. The van der Waals surface area contributed by atoms with Crippen LogP contribution in [0.5, 0.6) is 5.75 Å². The fourth-order valence-corrected chi connectivity index (χ4v) is 2.39. The lowest BCUT2D eigenvalue weighted by Crippen LogP contribution is -2.27. The Bertz CT molecular complexity index is 835. The fraction of sp³-hybridized carbons (Fsp3) is 0.421. The van der Waals surface area contributed by atoms with Crippen molar-refractivity contribution in [2.45, 2.75) is 40.2 Å². The van der Waals surface area contributed by atoms with Crippen molar-refractivity contribution in [3.63, 3.8) is 0 Å². The predicted octanol–water partition coefficient (Wildman–Crippen LogP) is 4.18. The first-order valence-electron chi connectivity index (χ1n) is 8.48. The maximum Gasteiger partial charge on any atom is 0.412 e. The first-order valence-corrected chi connectivity index (χ1v) is 8.48. The van der Waals surface area contributed by atoms with E-state index < -0.39 is 17.7 Å². The number of aryl methyl sites for hydroxylation is 1. The number of nitrogens with one attached hydrogen (secondary N) is 1. The number of nitrogens with zero attached hydrogens (tertiary/aromatic N) is 1. The number of amides is 1. The normalized spacial score (nSPS) is 11.0. The molecule has 1 aromatic heterocycles. The minimum Gasteiger partial charge on any atom is -0.496 e. The van der Waals surface area contributed by atoms with Gasteiger partial charge in [0, 0.05) is 11.3 Å². The standard InChI is InChI=1S/C19H24N2O6/c1-7-25-17(22)15-11(2)27-21-16(15)13-10-12(8-9-14(13)24-6)20-18(23)26-19(3,4)5/h8-10H,7H2,1-6H3,(H,20,23). The Morgan fingerprint density at radius 3 is 2.56 bits per heavy atom. The highest BCUT2D eigenvalue weighted by Gasteiger charge is 2.25. The van der Waals surface area contributed by atoms with E-state index in [1.807, 2.05) is 0 Å². The lowest BCUT2D eigenvalue weighted by Gasteiger charge is -2.20. The highest BCUT2D eigenvalue weighted by molar-refractivity contribution is 5.98. The van der Waals surface area contributed by atoms with Crippen LogP contribution in [-0.4, -0.2) is 36.5 Å². The minimum atomic E-state index is -0.625. The smallest absolute Gasteiger partial charge is 0.412 e. The van der Waals surface area contributed by atoms with Gasteiger partial charge in [-0.15, -0.1) is 0 Å². The molecule has 1 N–H and O–H groups in total. The van der Waals surface area contributed by atoms with Gasteiger partial charge in [-0.3, -0.25) is 5.32 Å². The van der Waals surface area contributed by atoms with E-state index in [2.05, 4.69) is 10.5 Å². The molecule has 2 rings (SSSR count). The van der Waals surface area contributed by atoms with Crippen LogP contribution in [0.15, 0.2) is 22.7 Å². The molecule has 0 radical (unpaired) electrons. The quantitative estimate of drug-likeness (QED) is 0.781. The third-order valence-corrected chi connectivity index (χ3v) is 3.44. The molecule has 27 heavy (non-hydrogen) atoms. The first-order chi connectivity index (χ1) is 12.7. The zero-order valence-corrected chi connectivity index (χ0v) is 16.3. The molecule has 0 aliphatic carbocycles. The zero-order valence-electron chi connectivity index (χ0n) is 16.3. The fourth-order valence-electron chi connectivity index (χ4n) is 2.39. The van der Waals surface area contributed by atoms with Gasteiger partial charge >= 0.3 is 12.1 Å². The van der Waals surface area contributed by atoms with E-state index in [9.17, 15) is 9.59 Å². The number of methoxy groups -OCH3 is 1. The van der Waals surface area contributed by atoms with Crippen LogP contribution in [0.4, 0.5) is 10.5 Å². The summed E-state index contributed by atoms with van der Waals surface area (Å²) in [5.74, 6) is 0.249. The topological polar surface area (TPSA) is 99.9 Å². The second kappa shape index (κ2) is 8.11. The SMILES string of the molecule is CCOC(=O)c1c(-c2cc(NC(=O)OC(C)(C)C)ccc2OC)noc1C. The number of anilines is 1. The molecule has 8 heteroatoms. The second-order valence-corrected chi connectivity index (χ2v) is 6.72. The molecule has 2 aromatic rings. The lowest BCUT2D eigenvalue weighted by atomic mass is 10.0. The third-order valence-electron chi connectivity index (χ3n) is 3.44. The van der Waals surface area contributed by atoms with E-state index in [1.165, 1.54) is 7.11 Å². The molecule has 0 fully saturated rings. The number of benzene rings is 1. The van der Waals surface area contributed by atoms with Crippen molar-refractivity contribution in [1.29, 1.82) is 0 Å². The van der Waals surface area contributed by atoms with Gasteiger partial charge < -0.3 is 18.7 Å². The Hall–Kier alpha value is -3.03. The molecular formula is C19H24N2O6. The number of rotatable bonds is 5. The van der Waals surface area contributed by atoms with Crippen LogP contribution in [0.1, 0.15) is 43.8 Å². The molecule has 0 atom stereocenters. The summed E-state index contributed by atoms with van der Waals surface area (Å²) in [5, 5.41) is 6.63. The highest BCUT2D eigenvalue weighted by Crippen LogP contribution is 2.35. The molecule has 0 aliphatic heterocycles. The average Bonchev–Trinajstić information content (AvgIpc) is 2.94. The van der Waals surface area contributed by atoms with Crippen molar-refractivity contribution >= 4 is 17.7 Å². The summed E-state index contributed by atoms with van der Waals surface area (Å²) in [6, 6.07) is 4.94. The van der Waals surface area contributed by atoms with Crippen LogP contribution < -0.4 is 10.1 Å². The van der Waals surface area contributed by atoms with Gasteiger partial charge in [0.25, 0.3) is 0 Å². The van der Waals surface area contributed by atoms with Crippen molar-refractivity contribution in [2.24, 2.45) is 0 Å². The van der Waals surface area contributed by atoms with E-state index >= 15 is 0 Å². The molecule has 0 aliphatic rings. The molecule has 1 aromatic carbocycles. The molecule has 0 bridgehead atoms. The molecule has 1 amide bonds. The Balaban J connectivity index is 2.43. The van der Waals surface area contributed by atoms with Crippen molar-refractivity contribution in [1.82, 2.24) is 5.16 Å². The highest BCUT2D eigenvalue weighted by atomic mass is 16.6. The van der Waals surface area contributed by atoms with Gasteiger partial charge in [-0.05, 0) is 52.8 Å². The summed E-state index contributed by atoms with van der Waals surface area (Å²) in [6.45, 7) is 8.88. The molecule has 0 saturated heterocycles.